The van der Waals surface area contributed by atoms with Crippen LogP contribution in [0.15, 0.2) is 24.3 Å². The van der Waals surface area contributed by atoms with Gasteiger partial charge in [0, 0.05) is 17.4 Å². The van der Waals surface area contributed by atoms with E-state index in [1.807, 2.05) is 6.26 Å². The highest BCUT2D eigenvalue weighted by Gasteiger charge is 2.05. The number of hydrogen-bond donors (Lipinski definition) is 1. The number of hydrogen-bond acceptors (Lipinski definition) is 3. The van der Waals surface area contributed by atoms with Gasteiger partial charge in [-0.25, -0.2) is 4.79 Å². The second kappa shape index (κ2) is 7.25. The molecule has 0 heterocycles. The van der Waals surface area contributed by atoms with E-state index in [-0.39, 0.29) is 0 Å². The lowest BCUT2D eigenvalue weighted by Gasteiger charge is -2.09. The standard InChI is InChI=1S/C12H13ClO3S/c1-17-8-7-16-11-4-2-3-10(13)9(11)5-6-12(14)15/h2-6H,7-8H2,1H3,(H,14,15)/b6-5+. The molecule has 1 aromatic carbocycles. The van der Waals surface area contributed by atoms with Crippen LogP contribution in [0.5, 0.6) is 5.75 Å². The smallest absolute Gasteiger partial charge is 0.328 e. The molecule has 0 atom stereocenters. The minimum Gasteiger partial charge on any atom is -0.492 e. The Kier molecular flexibility index (Phi) is 5.94. The van der Waals surface area contributed by atoms with Crippen molar-refractivity contribution in [2.24, 2.45) is 0 Å². The van der Waals surface area contributed by atoms with Crippen molar-refractivity contribution in [1.29, 1.82) is 0 Å². The van der Waals surface area contributed by atoms with Gasteiger partial charge in [-0.3, -0.25) is 0 Å². The average molecular weight is 273 g/mol. The van der Waals surface area contributed by atoms with E-state index in [4.69, 9.17) is 21.4 Å². The second-order valence-corrected chi connectivity index (χ2v) is 4.56. The van der Waals surface area contributed by atoms with Crippen LogP contribution < -0.4 is 4.74 Å². The third-order valence-electron chi connectivity index (χ3n) is 1.95. The molecule has 92 valence electrons. The van der Waals surface area contributed by atoms with Crippen LogP contribution in [-0.4, -0.2) is 29.7 Å². The summed E-state index contributed by atoms with van der Waals surface area (Å²) in [6, 6.07) is 5.24. The van der Waals surface area contributed by atoms with Crippen molar-refractivity contribution in [3.05, 3.63) is 34.9 Å². The van der Waals surface area contributed by atoms with Crippen LogP contribution in [0.2, 0.25) is 5.02 Å². The van der Waals surface area contributed by atoms with Crippen molar-refractivity contribution < 1.29 is 14.6 Å². The number of rotatable bonds is 6. The molecule has 0 saturated carbocycles. The number of ether oxygens (including phenoxy) is 1. The Labute approximate surface area is 109 Å². The van der Waals surface area contributed by atoms with E-state index in [1.165, 1.54) is 6.08 Å². The first-order valence-electron chi connectivity index (χ1n) is 4.96. The summed E-state index contributed by atoms with van der Waals surface area (Å²) in [6.45, 7) is 0.565. The van der Waals surface area contributed by atoms with Gasteiger partial charge in [-0.1, -0.05) is 17.7 Å². The first-order chi connectivity index (χ1) is 8.15. The highest BCUT2D eigenvalue weighted by atomic mass is 35.5. The quantitative estimate of drug-likeness (QED) is 0.638. The van der Waals surface area contributed by atoms with Crippen LogP contribution in [0.1, 0.15) is 5.56 Å². The molecule has 0 spiro atoms. The first kappa shape index (κ1) is 13.9. The number of thioether (sulfide) groups is 1. The zero-order valence-electron chi connectivity index (χ0n) is 9.35. The molecule has 5 heteroatoms. The molecule has 0 unspecified atom stereocenters. The third-order valence-corrected chi connectivity index (χ3v) is 2.86. The molecular formula is C12H13ClO3S. The molecule has 0 amide bonds. The predicted molar refractivity (Wildman–Crippen MR) is 72.0 cm³/mol. The van der Waals surface area contributed by atoms with Gasteiger partial charge in [0.05, 0.1) is 11.6 Å². The maximum absolute atomic E-state index is 10.5. The summed E-state index contributed by atoms with van der Waals surface area (Å²) in [6.07, 6.45) is 4.48. The van der Waals surface area contributed by atoms with Gasteiger partial charge in [0.2, 0.25) is 0 Å². The van der Waals surface area contributed by atoms with Gasteiger partial charge in [-0.05, 0) is 24.5 Å². The van der Waals surface area contributed by atoms with E-state index in [1.54, 1.807) is 30.0 Å². The van der Waals surface area contributed by atoms with Crippen molar-refractivity contribution in [2.45, 2.75) is 0 Å². The maximum Gasteiger partial charge on any atom is 0.328 e. The Bertz CT molecular complexity index is 418. The summed E-state index contributed by atoms with van der Waals surface area (Å²) >= 11 is 7.68. The summed E-state index contributed by atoms with van der Waals surface area (Å²) < 4.78 is 5.54. The van der Waals surface area contributed by atoms with Crippen LogP contribution in [0.4, 0.5) is 0 Å². The van der Waals surface area contributed by atoms with Gasteiger partial charge < -0.3 is 9.84 Å². The number of carboxylic acid groups (broad SMARTS) is 1. The Morgan fingerprint density at radius 2 is 2.35 bits per heavy atom. The molecule has 0 aliphatic carbocycles. The van der Waals surface area contributed by atoms with E-state index in [2.05, 4.69) is 0 Å². The SMILES string of the molecule is CSCCOc1cccc(Cl)c1/C=C/C(=O)O. The number of carboxylic acids is 1. The van der Waals surface area contributed by atoms with Crippen molar-refractivity contribution in [3.8, 4) is 5.75 Å². The fourth-order valence-electron chi connectivity index (χ4n) is 1.19. The van der Waals surface area contributed by atoms with Crippen LogP contribution in [0, 0.1) is 0 Å². The van der Waals surface area contributed by atoms with Crippen LogP contribution >= 0.6 is 23.4 Å². The molecule has 0 saturated heterocycles. The molecule has 0 radical (unpaired) electrons. The molecule has 0 fully saturated rings. The van der Waals surface area contributed by atoms with E-state index in [9.17, 15) is 4.79 Å². The number of carbonyl (C=O) groups is 1. The molecule has 17 heavy (non-hydrogen) atoms. The largest absolute Gasteiger partial charge is 0.492 e. The molecule has 1 N–H and O–H groups in total. The van der Waals surface area contributed by atoms with E-state index >= 15 is 0 Å². The number of aliphatic carboxylic acids is 1. The van der Waals surface area contributed by atoms with Gasteiger partial charge in [0.15, 0.2) is 0 Å². The lowest BCUT2D eigenvalue weighted by atomic mass is 10.2. The number of benzene rings is 1. The van der Waals surface area contributed by atoms with E-state index in [0.29, 0.717) is 22.9 Å². The summed E-state index contributed by atoms with van der Waals surface area (Å²) in [5.41, 5.74) is 0.595. The van der Waals surface area contributed by atoms with Crippen molar-refractivity contribution in [1.82, 2.24) is 0 Å². The summed E-state index contributed by atoms with van der Waals surface area (Å²) in [4.78, 5) is 10.5. The zero-order chi connectivity index (χ0) is 12.7. The van der Waals surface area contributed by atoms with Crippen molar-refractivity contribution in [3.63, 3.8) is 0 Å². The average Bonchev–Trinajstić information content (AvgIpc) is 2.28. The van der Waals surface area contributed by atoms with Gasteiger partial charge in [-0.2, -0.15) is 11.8 Å². The van der Waals surface area contributed by atoms with Crippen LogP contribution in [0.3, 0.4) is 0 Å². The lowest BCUT2D eigenvalue weighted by Crippen LogP contribution is -2.01. The fourth-order valence-corrected chi connectivity index (χ4v) is 1.67. The Morgan fingerprint density at radius 1 is 1.59 bits per heavy atom. The molecular weight excluding hydrogens is 260 g/mol. The van der Waals surface area contributed by atoms with Gasteiger partial charge in [0.1, 0.15) is 5.75 Å². The van der Waals surface area contributed by atoms with Crippen molar-refractivity contribution in [2.75, 3.05) is 18.6 Å². The molecule has 1 aromatic rings. The monoisotopic (exact) mass is 272 g/mol. The van der Waals surface area contributed by atoms with E-state index < -0.39 is 5.97 Å². The summed E-state index contributed by atoms with van der Waals surface area (Å²) in [5, 5.41) is 9.07. The predicted octanol–water partition coefficient (Wildman–Crippen LogP) is 3.18. The maximum atomic E-state index is 10.5. The first-order valence-corrected chi connectivity index (χ1v) is 6.73. The van der Waals surface area contributed by atoms with Gasteiger partial charge >= 0.3 is 5.97 Å². The fraction of sp³-hybridized carbons (Fsp3) is 0.250. The highest BCUT2D eigenvalue weighted by Crippen LogP contribution is 2.27. The molecule has 0 aromatic heterocycles. The molecule has 3 nitrogen and oxygen atoms in total. The molecule has 0 aliphatic rings. The lowest BCUT2D eigenvalue weighted by molar-refractivity contribution is -0.131. The Hall–Kier alpha value is -1.13. The van der Waals surface area contributed by atoms with Crippen LogP contribution in [-0.2, 0) is 4.79 Å². The molecule has 1 rings (SSSR count). The van der Waals surface area contributed by atoms with Gasteiger partial charge in [-0.15, -0.1) is 0 Å². The normalized spacial score (nSPS) is 10.7. The Morgan fingerprint density at radius 3 is 3.00 bits per heavy atom. The second-order valence-electron chi connectivity index (χ2n) is 3.16. The molecule has 0 aliphatic heterocycles. The Balaban J connectivity index is 2.88. The van der Waals surface area contributed by atoms with Crippen molar-refractivity contribution >= 4 is 35.4 Å². The number of halogens is 1. The van der Waals surface area contributed by atoms with Gasteiger partial charge in [0.25, 0.3) is 0 Å². The zero-order valence-corrected chi connectivity index (χ0v) is 10.9. The third kappa shape index (κ3) is 4.71. The molecule has 0 bridgehead atoms. The minimum absolute atomic E-state index is 0.476. The minimum atomic E-state index is -1.01. The van der Waals surface area contributed by atoms with Crippen LogP contribution in [0.25, 0.3) is 6.08 Å². The summed E-state index contributed by atoms with van der Waals surface area (Å²) in [5.74, 6) is 0.457. The van der Waals surface area contributed by atoms with E-state index in [0.717, 1.165) is 11.8 Å². The topological polar surface area (TPSA) is 46.5 Å². The summed E-state index contributed by atoms with van der Waals surface area (Å²) in [7, 11) is 0. The highest BCUT2D eigenvalue weighted by molar-refractivity contribution is 7.98.